The van der Waals surface area contributed by atoms with Crippen molar-refractivity contribution >= 4 is 23.4 Å². The summed E-state index contributed by atoms with van der Waals surface area (Å²) >= 11 is 0. The first-order valence-corrected chi connectivity index (χ1v) is 9.24. The minimum absolute atomic E-state index is 0.147. The zero-order valence-corrected chi connectivity index (χ0v) is 15.1. The molecule has 0 bridgehead atoms. The van der Waals surface area contributed by atoms with Gasteiger partial charge < -0.3 is 9.80 Å². The van der Waals surface area contributed by atoms with Crippen molar-refractivity contribution in [1.29, 1.82) is 0 Å². The van der Waals surface area contributed by atoms with E-state index in [4.69, 9.17) is 0 Å². The van der Waals surface area contributed by atoms with E-state index in [0.29, 0.717) is 24.2 Å². The highest BCUT2D eigenvalue weighted by atomic mass is 16.2. The van der Waals surface area contributed by atoms with Gasteiger partial charge in [-0.2, -0.15) is 0 Å². The largest absolute Gasteiger partial charge is 0.327 e. The maximum atomic E-state index is 13.2. The molecule has 26 heavy (non-hydrogen) atoms. The highest BCUT2D eigenvalue weighted by Gasteiger charge is 2.44. The zero-order valence-electron chi connectivity index (χ0n) is 15.1. The van der Waals surface area contributed by atoms with Crippen molar-refractivity contribution in [1.82, 2.24) is 14.7 Å². The Morgan fingerprint density at radius 2 is 1.81 bits per heavy atom. The third-order valence-corrected chi connectivity index (χ3v) is 5.60. The van der Waals surface area contributed by atoms with Crippen molar-refractivity contribution < 1.29 is 14.4 Å². The van der Waals surface area contributed by atoms with E-state index in [1.165, 1.54) is 4.90 Å². The maximum absolute atomic E-state index is 13.2. The summed E-state index contributed by atoms with van der Waals surface area (Å²) in [6.07, 6.45) is 1.42. The second-order valence-corrected chi connectivity index (χ2v) is 7.32. The first-order chi connectivity index (χ1) is 12.6. The summed E-state index contributed by atoms with van der Waals surface area (Å²) in [5.41, 5.74) is 0.869. The first kappa shape index (κ1) is 17.2. The molecule has 0 spiro atoms. The fourth-order valence-corrected chi connectivity index (χ4v) is 4.06. The van der Waals surface area contributed by atoms with E-state index >= 15 is 0 Å². The van der Waals surface area contributed by atoms with E-state index in [0.717, 1.165) is 32.6 Å². The van der Waals surface area contributed by atoms with E-state index in [1.807, 2.05) is 0 Å². The van der Waals surface area contributed by atoms with Crippen molar-refractivity contribution in [3.8, 4) is 0 Å². The van der Waals surface area contributed by atoms with Crippen molar-refractivity contribution in [3.05, 3.63) is 29.8 Å². The van der Waals surface area contributed by atoms with Gasteiger partial charge in [0.1, 0.15) is 6.04 Å². The summed E-state index contributed by atoms with van der Waals surface area (Å²) in [6, 6.07) is 6.44. The molecular formula is C19H24N4O3. The molecule has 2 saturated heterocycles. The van der Waals surface area contributed by atoms with Crippen LogP contribution >= 0.6 is 0 Å². The summed E-state index contributed by atoms with van der Waals surface area (Å²) in [7, 11) is 2.06. The number of anilines is 1. The van der Waals surface area contributed by atoms with E-state index < -0.39 is 6.04 Å². The van der Waals surface area contributed by atoms with Crippen LogP contribution in [0.4, 0.5) is 5.69 Å². The Morgan fingerprint density at radius 3 is 2.58 bits per heavy atom. The van der Waals surface area contributed by atoms with Crippen LogP contribution in [0.3, 0.4) is 0 Å². The molecule has 7 nitrogen and oxygen atoms in total. The Bertz CT molecular complexity index is 742. The fourth-order valence-electron chi connectivity index (χ4n) is 4.06. The molecule has 0 unspecified atom stereocenters. The van der Waals surface area contributed by atoms with Crippen molar-refractivity contribution in [3.63, 3.8) is 0 Å². The molecule has 2 fully saturated rings. The quantitative estimate of drug-likeness (QED) is 0.768. The highest BCUT2D eigenvalue weighted by molar-refractivity contribution is 6.22. The van der Waals surface area contributed by atoms with Crippen LogP contribution in [0.15, 0.2) is 24.3 Å². The molecular weight excluding hydrogens is 332 g/mol. The van der Waals surface area contributed by atoms with Crippen LogP contribution in [0.25, 0.3) is 0 Å². The number of rotatable bonds is 2. The monoisotopic (exact) mass is 356 g/mol. The topological polar surface area (TPSA) is 64.2 Å². The summed E-state index contributed by atoms with van der Waals surface area (Å²) < 4.78 is 0. The number of piperazine rings is 1. The van der Waals surface area contributed by atoms with Crippen molar-refractivity contribution in [2.45, 2.75) is 18.9 Å². The van der Waals surface area contributed by atoms with E-state index in [9.17, 15) is 14.4 Å². The normalized spacial score (nSPS) is 24.4. The Labute approximate surface area is 153 Å². The number of likely N-dealkylation sites (N-methyl/N-ethyl adjacent to an activating group) is 1. The predicted molar refractivity (Wildman–Crippen MR) is 96.9 cm³/mol. The molecule has 3 amide bonds. The standard InChI is InChI=1S/C19H24N4O3/c1-20-9-11-21(12-10-20)13-17(24)23-15-6-3-2-5-14(15)18(25)22-8-4-7-16(22)19(23)26/h2-3,5-6,16H,4,7-13H2,1H3/t16-/m1/s1. The lowest BCUT2D eigenvalue weighted by atomic mass is 10.1. The highest BCUT2D eigenvalue weighted by Crippen LogP contribution is 2.32. The number of imide groups is 1. The zero-order chi connectivity index (χ0) is 18.3. The Balaban J connectivity index is 1.64. The third-order valence-electron chi connectivity index (χ3n) is 5.60. The summed E-state index contributed by atoms with van der Waals surface area (Å²) in [4.78, 5) is 46.3. The van der Waals surface area contributed by atoms with Gasteiger partial charge >= 0.3 is 0 Å². The van der Waals surface area contributed by atoms with Gasteiger partial charge in [0.05, 0.1) is 17.8 Å². The average molecular weight is 356 g/mol. The SMILES string of the molecule is CN1CCN(CC(=O)N2C(=O)[C@H]3CCCN3C(=O)c3ccccc32)CC1. The molecule has 0 saturated carbocycles. The number of fused-ring (bicyclic) bond motifs is 2. The number of hydrogen-bond donors (Lipinski definition) is 0. The van der Waals surface area contributed by atoms with E-state index in [-0.39, 0.29) is 24.3 Å². The van der Waals surface area contributed by atoms with Crippen LogP contribution in [0.5, 0.6) is 0 Å². The summed E-state index contributed by atoms with van der Waals surface area (Å²) in [6.45, 7) is 4.21. The lowest BCUT2D eigenvalue weighted by molar-refractivity contribution is -0.129. The molecule has 4 rings (SSSR count). The van der Waals surface area contributed by atoms with E-state index in [2.05, 4.69) is 16.8 Å². The second-order valence-electron chi connectivity index (χ2n) is 7.32. The molecule has 0 N–H and O–H groups in total. The Kier molecular flexibility index (Phi) is 4.50. The minimum atomic E-state index is -0.522. The molecule has 1 aromatic rings. The number of carbonyl (C=O) groups is 3. The van der Waals surface area contributed by atoms with Crippen LogP contribution in [0.2, 0.25) is 0 Å². The lowest BCUT2D eigenvalue weighted by Crippen LogP contribution is -2.52. The molecule has 3 aliphatic heterocycles. The van der Waals surface area contributed by atoms with Crippen LogP contribution in [0, 0.1) is 0 Å². The number of para-hydroxylation sites is 1. The van der Waals surface area contributed by atoms with Gasteiger partial charge in [-0.25, -0.2) is 4.90 Å². The molecule has 3 aliphatic rings. The molecule has 7 heteroatoms. The fraction of sp³-hybridized carbons (Fsp3) is 0.526. The van der Waals surface area contributed by atoms with Gasteiger partial charge in [-0.05, 0) is 32.0 Å². The number of amides is 3. The predicted octanol–water partition coefficient (Wildman–Crippen LogP) is 0.412. The molecule has 1 aromatic carbocycles. The maximum Gasteiger partial charge on any atom is 0.256 e. The van der Waals surface area contributed by atoms with Crippen LogP contribution < -0.4 is 4.90 Å². The molecule has 1 atom stereocenters. The third kappa shape index (κ3) is 2.91. The van der Waals surface area contributed by atoms with Gasteiger partial charge in [0.2, 0.25) is 5.91 Å². The minimum Gasteiger partial charge on any atom is -0.327 e. The lowest BCUT2D eigenvalue weighted by Gasteiger charge is -2.33. The number of carbonyl (C=O) groups excluding carboxylic acids is 3. The van der Waals surface area contributed by atoms with Gasteiger partial charge in [-0.3, -0.25) is 19.3 Å². The van der Waals surface area contributed by atoms with E-state index in [1.54, 1.807) is 29.2 Å². The van der Waals surface area contributed by atoms with Gasteiger partial charge in [0.25, 0.3) is 11.8 Å². The van der Waals surface area contributed by atoms with Crippen LogP contribution in [-0.2, 0) is 9.59 Å². The van der Waals surface area contributed by atoms with Gasteiger partial charge in [-0.1, -0.05) is 12.1 Å². The molecule has 0 radical (unpaired) electrons. The molecule has 0 aromatic heterocycles. The second kappa shape index (κ2) is 6.81. The molecule has 138 valence electrons. The van der Waals surface area contributed by atoms with Crippen LogP contribution in [0.1, 0.15) is 23.2 Å². The molecule has 0 aliphatic carbocycles. The Morgan fingerprint density at radius 1 is 1.08 bits per heavy atom. The van der Waals surface area contributed by atoms with Gasteiger partial charge in [0, 0.05) is 32.7 Å². The van der Waals surface area contributed by atoms with Crippen molar-refractivity contribution in [2.24, 2.45) is 0 Å². The first-order valence-electron chi connectivity index (χ1n) is 9.24. The average Bonchev–Trinajstić information content (AvgIpc) is 3.10. The van der Waals surface area contributed by atoms with Crippen LogP contribution in [-0.4, -0.2) is 84.8 Å². The Hall–Kier alpha value is -2.25. The summed E-state index contributed by atoms with van der Waals surface area (Å²) in [5.74, 6) is -0.653. The van der Waals surface area contributed by atoms with Gasteiger partial charge in [0.15, 0.2) is 0 Å². The molecule has 3 heterocycles. The van der Waals surface area contributed by atoms with Crippen molar-refractivity contribution in [2.75, 3.05) is 51.2 Å². The number of benzene rings is 1. The summed E-state index contributed by atoms with van der Waals surface area (Å²) in [5, 5.41) is 0. The number of nitrogens with zero attached hydrogens (tertiary/aromatic N) is 4. The van der Waals surface area contributed by atoms with Gasteiger partial charge in [-0.15, -0.1) is 0 Å². The smallest absolute Gasteiger partial charge is 0.256 e. The number of hydrogen-bond acceptors (Lipinski definition) is 5.